The molecule has 5 heteroatoms. The van der Waals surface area contributed by atoms with Crippen LogP contribution in [0, 0.1) is 13.8 Å². The maximum atomic E-state index is 5.75. The summed E-state index contributed by atoms with van der Waals surface area (Å²) < 4.78 is 7.63. The second-order valence-corrected chi connectivity index (χ2v) is 4.53. The average molecular weight is 232 g/mol. The van der Waals surface area contributed by atoms with Crippen LogP contribution in [-0.2, 0) is 4.74 Å². The van der Waals surface area contributed by atoms with Crippen LogP contribution in [0.2, 0.25) is 0 Å². The summed E-state index contributed by atoms with van der Waals surface area (Å²) in [5.41, 5.74) is 3.56. The van der Waals surface area contributed by atoms with Gasteiger partial charge >= 0.3 is 0 Å². The molecule has 17 heavy (non-hydrogen) atoms. The van der Waals surface area contributed by atoms with Crippen molar-refractivity contribution >= 4 is 11.2 Å². The van der Waals surface area contributed by atoms with Crippen LogP contribution < -0.4 is 0 Å². The molecule has 0 aromatic carbocycles. The van der Waals surface area contributed by atoms with E-state index in [0.717, 1.165) is 42.0 Å². The number of hydrogen-bond donors (Lipinski definition) is 0. The molecule has 0 saturated carbocycles. The maximum absolute atomic E-state index is 5.75. The molecule has 5 nitrogen and oxygen atoms in total. The van der Waals surface area contributed by atoms with E-state index in [2.05, 4.69) is 15.1 Å². The molecule has 2 aromatic heterocycles. The van der Waals surface area contributed by atoms with Gasteiger partial charge in [-0.25, -0.2) is 14.6 Å². The van der Waals surface area contributed by atoms with Crippen LogP contribution in [-0.4, -0.2) is 26.4 Å². The molecule has 0 bridgehead atoms. The SMILES string of the molecule is Cc1cnc2c(n1)c(C)nn2C1CCCCO1. The molecule has 0 radical (unpaired) electrons. The average Bonchev–Trinajstić information content (AvgIpc) is 2.68. The van der Waals surface area contributed by atoms with Crippen molar-refractivity contribution in [2.24, 2.45) is 0 Å². The van der Waals surface area contributed by atoms with Gasteiger partial charge < -0.3 is 4.74 Å². The lowest BCUT2D eigenvalue weighted by atomic mass is 10.2. The standard InChI is InChI=1S/C12H16N4O/c1-8-7-13-12-11(14-8)9(2)15-16(12)10-5-3-4-6-17-10/h7,10H,3-6H2,1-2H3. The fourth-order valence-electron chi connectivity index (χ4n) is 2.26. The lowest BCUT2D eigenvalue weighted by Gasteiger charge is -2.22. The Labute approximate surface area is 99.8 Å². The molecule has 2 aromatic rings. The van der Waals surface area contributed by atoms with Gasteiger partial charge in [0.25, 0.3) is 0 Å². The number of rotatable bonds is 1. The van der Waals surface area contributed by atoms with Crippen LogP contribution in [0.1, 0.15) is 36.9 Å². The predicted molar refractivity (Wildman–Crippen MR) is 63.6 cm³/mol. The van der Waals surface area contributed by atoms with E-state index >= 15 is 0 Å². The van der Waals surface area contributed by atoms with E-state index in [1.807, 2.05) is 18.5 Å². The van der Waals surface area contributed by atoms with Gasteiger partial charge in [-0.3, -0.25) is 0 Å². The molecule has 3 heterocycles. The number of aryl methyl sites for hydroxylation is 2. The first-order valence-electron chi connectivity index (χ1n) is 6.06. The van der Waals surface area contributed by atoms with E-state index in [0.29, 0.717) is 0 Å². The molecule has 1 aliphatic rings. The molecule has 90 valence electrons. The Bertz CT molecular complexity index is 543. The molecule has 0 N–H and O–H groups in total. The number of nitrogens with zero attached hydrogens (tertiary/aromatic N) is 4. The Morgan fingerprint density at radius 2 is 2.24 bits per heavy atom. The van der Waals surface area contributed by atoms with Gasteiger partial charge in [0, 0.05) is 6.61 Å². The quantitative estimate of drug-likeness (QED) is 0.756. The molecule has 0 aliphatic carbocycles. The minimum Gasteiger partial charge on any atom is -0.356 e. The Morgan fingerprint density at radius 1 is 1.35 bits per heavy atom. The van der Waals surface area contributed by atoms with Crippen molar-refractivity contribution in [1.82, 2.24) is 19.7 Å². The molecule has 1 unspecified atom stereocenters. The van der Waals surface area contributed by atoms with Gasteiger partial charge in [0.1, 0.15) is 5.52 Å². The van der Waals surface area contributed by atoms with E-state index in [-0.39, 0.29) is 6.23 Å². The van der Waals surface area contributed by atoms with Gasteiger partial charge in [0.2, 0.25) is 0 Å². The van der Waals surface area contributed by atoms with Crippen LogP contribution in [0.5, 0.6) is 0 Å². The van der Waals surface area contributed by atoms with Crippen LogP contribution in [0.3, 0.4) is 0 Å². The number of hydrogen-bond acceptors (Lipinski definition) is 4. The summed E-state index contributed by atoms with van der Waals surface area (Å²) in [7, 11) is 0. The monoisotopic (exact) mass is 232 g/mol. The van der Waals surface area contributed by atoms with Gasteiger partial charge in [0.15, 0.2) is 11.9 Å². The molecular weight excluding hydrogens is 216 g/mol. The molecule has 1 saturated heterocycles. The summed E-state index contributed by atoms with van der Waals surface area (Å²) in [6.07, 6.45) is 5.13. The molecule has 1 fully saturated rings. The first-order chi connectivity index (χ1) is 8.25. The maximum Gasteiger partial charge on any atom is 0.179 e. The fraction of sp³-hybridized carbons (Fsp3) is 0.583. The Balaban J connectivity index is 2.10. The predicted octanol–water partition coefficient (Wildman–Crippen LogP) is 2.14. The van der Waals surface area contributed by atoms with Crippen LogP contribution in [0.4, 0.5) is 0 Å². The molecule has 1 atom stereocenters. The third kappa shape index (κ3) is 1.80. The Kier molecular flexibility index (Phi) is 2.55. The fourth-order valence-corrected chi connectivity index (χ4v) is 2.26. The molecular formula is C12H16N4O. The first kappa shape index (κ1) is 10.7. The zero-order valence-electron chi connectivity index (χ0n) is 10.2. The van der Waals surface area contributed by atoms with Crippen LogP contribution in [0.25, 0.3) is 11.2 Å². The third-order valence-corrected chi connectivity index (χ3v) is 3.12. The highest BCUT2D eigenvalue weighted by atomic mass is 16.5. The van der Waals surface area contributed by atoms with Crippen molar-refractivity contribution in [2.75, 3.05) is 6.61 Å². The minimum absolute atomic E-state index is 0.0250. The first-order valence-corrected chi connectivity index (χ1v) is 6.06. The molecule has 0 spiro atoms. The summed E-state index contributed by atoms with van der Waals surface area (Å²) in [5, 5.41) is 4.52. The van der Waals surface area contributed by atoms with Crippen molar-refractivity contribution in [1.29, 1.82) is 0 Å². The van der Waals surface area contributed by atoms with Gasteiger partial charge in [-0.2, -0.15) is 5.10 Å². The van der Waals surface area contributed by atoms with Crippen molar-refractivity contribution in [2.45, 2.75) is 39.3 Å². The largest absolute Gasteiger partial charge is 0.356 e. The highest BCUT2D eigenvalue weighted by molar-refractivity contribution is 5.73. The van der Waals surface area contributed by atoms with Crippen molar-refractivity contribution in [3.8, 4) is 0 Å². The topological polar surface area (TPSA) is 52.8 Å². The number of aromatic nitrogens is 4. The van der Waals surface area contributed by atoms with Gasteiger partial charge in [-0.15, -0.1) is 0 Å². The number of ether oxygens (including phenoxy) is 1. The van der Waals surface area contributed by atoms with E-state index < -0.39 is 0 Å². The van der Waals surface area contributed by atoms with Crippen LogP contribution >= 0.6 is 0 Å². The summed E-state index contributed by atoms with van der Waals surface area (Å²) in [6.45, 7) is 4.72. The highest BCUT2D eigenvalue weighted by Crippen LogP contribution is 2.25. The zero-order valence-corrected chi connectivity index (χ0v) is 10.2. The Hall–Kier alpha value is -1.49. The van der Waals surface area contributed by atoms with Gasteiger partial charge in [0.05, 0.1) is 17.6 Å². The number of fused-ring (bicyclic) bond motifs is 1. The van der Waals surface area contributed by atoms with Crippen LogP contribution in [0.15, 0.2) is 6.20 Å². The Morgan fingerprint density at radius 3 is 3.00 bits per heavy atom. The summed E-state index contributed by atoms with van der Waals surface area (Å²) in [5.74, 6) is 0. The second-order valence-electron chi connectivity index (χ2n) is 4.53. The third-order valence-electron chi connectivity index (χ3n) is 3.12. The molecule has 1 aliphatic heterocycles. The van der Waals surface area contributed by atoms with Crippen molar-refractivity contribution in [3.05, 3.63) is 17.6 Å². The van der Waals surface area contributed by atoms with E-state index in [9.17, 15) is 0 Å². The van der Waals surface area contributed by atoms with Gasteiger partial charge in [-0.05, 0) is 33.1 Å². The zero-order chi connectivity index (χ0) is 11.8. The summed E-state index contributed by atoms with van der Waals surface area (Å²) >= 11 is 0. The normalized spacial score (nSPS) is 20.9. The van der Waals surface area contributed by atoms with Crippen molar-refractivity contribution in [3.63, 3.8) is 0 Å². The lowest BCUT2D eigenvalue weighted by Crippen LogP contribution is -2.19. The van der Waals surface area contributed by atoms with Crippen molar-refractivity contribution < 1.29 is 4.74 Å². The van der Waals surface area contributed by atoms with E-state index in [1.165, 1.54) is 6.42 Å². The lowest BCUT2D eigenvalue weighted by molar-refractivity contribution is -0.0371. The van der Waals surface area contributed by atoms with Gasteiger partial charge in [-0.1, -0.05) is 0 Å². The van der Waals surface area contributed by atoms with E-state index in [4.69, 9.17) is 4.74 Å². The molecule has 0 amide bonds. The highest BCUT2D eigenvalue weighted by Gasteiger charge is 2.21. The summed E-state index contributed by atoms with van der Waals surface area (Å²) in [4.78, 5) is 8.92. The summed E-state index contributed by atoms with van der Waals surface area (Å²) in [6, 6.07) is 0. The van der Waals surface area contributed by atoms with E-state index in [1.54, 1.807) is 6.20 Å². The smallest absolute Gasteiger partial charge is 0.179 e. The second kappa shape index (κ2) is 4.07. The molecule has 3 rings (SSSR count). The minimum atomic E-state index is 0.0250.